The summed E-state index contributed by atoms with van der Waals surface area (Å²) < 4.78 is 0. The van der Waals surface area contributed by atoms with E-state index in [0.29, 0.717) is 9.96 Å². The summed E-state index contributed by atoms with van der Waals surface area (Å²) in [4.78, 5) is 46.0. The Balaban J connectivity index is 1.87. The van der Waals surface area contributed by atoms with Crippen LogP contribution >= 0.6 is 11.8 Å². The summed E-state index contributed by atoms with van der Waals surface area (Å²) in [6.07, 6.45) is 3.23. The van der Waals surface area contributed by atoms with Crippen molar-refractivity contribution in [1.82, 2.24) is 10.0 Å². The fourth-order valence-electron chi connectivity index (χ4n) is 2.08. The molecule has 3 rings (SSSR count). The third-order valence-corrected chi connectivity index (χ3v) is 3.88. The van der Waals surface area contributed by atoms with Gasteiger partial charge in [0.1, 0.15) is 0 Å². The summed E-state index contributed by atoms with van der Waals surface area (Å²) in [6.45, 7) is 0. The number of rotatable bonds is 3. The number of benzene rings is 1. The van der Waals surface area contributed by atoms with Crippen LogP contribution in [0.5, 0.6) is 0 Å². The highest BCUT2D eigenvalue weighted by Crippen LogP contribution is 2.24. The van der Waals surface area contributed by atoms with Gasteiger partial charge in [0.25, 0.3) is 11.8 Å². The minimum absolute atomic E-state index is 0.0616. The number of amides is 2. The molecule has 0 spiro atoms. The molecule has 0 fully saturated rings. The molecule has 1 aromatic carbocycles. The number of hydrogen-bond acceptors (Lipinski definition) is 6. The fraction of sp³-hybridized carbons (Fsp3) is 0.0667. The van der Waals surface area contributed by atoms with E-state index in [4.69, 9.17) is 4.84 Å². The monoisotopic (exact) mass is 314 g/mol. The SMILES string of the molecule is CSc1cccnc1C(=O)ON1C(=O)c2ccccc2C1=O. The Morgan fingerprint density at radius 2 is 1.73 bits per heavy atom. The first-order valence-electron chi connectivity index (χ1n) is 6.32. The smallest absolute Gasteiger partial charge is 0.322 e. The van der Waals surface area contributed by atoms with Gasteiger partial charge < -0.3 is 4.84 Å². The molecule has 1 aliphatic rings. The molecule has 2 heterocycles. The predicted octanol–water partition coefficient (Wildman–Crippen LogP) is 2.17. The zero-order valence-corrected chi connectivity index (χ0v) is 12.3. The van der Waals surface area contributed by atoms with Gasteiger partial charge in [-0.25, -0.2) is 9.78 Å². The average Bonchev–Trinajstić information content (AvgIpc) is 2.80. The van der Waals surface area contributed by atoms with E-state index in [-0.39, 0.29) is 16.8 Å². The summed E-state index contributed by atoms with van der Waals surface area (Å²) in [6, 6.07) is 9.69. The summed E-state index contributed by atoms with van der Waals surface area (Å²) in [5.74, 6) is -2.16. The number of imide groups is 1. The lowest BCUT2D eigenvalue weighted by molar-refractivity contribution is -0.0591. The Morgan fingerprint density at radius 1 is 1.09 bits per heavy atom. The van der Waals surface area contributed by atoms with Crippen molar-refractivity contribution in [3.63, 3.8) is 0 Å². The minimum Gasteiger partial charge on any atom is -0.322 e. The molecule has 6 nitrogen and oxygen atoms in total. The number of hydroxylamine groups is 2. The molecule has 2 amide bonds. The van der Waals surface area contributed by atoms with E-state index in [2.05, 4.69) is 4.98 Å². The predicted molar refractivity (Wildman–Crippen MR) is 78.4 cm³/mol. The average molecular weight is 314 g/mol. The van der Waals surface area contributed by atoms with Crippen LogP contribution in [-0.2, 0) is 4.84 Å². The Labute approximate surface area is 130 Å². The van der Waals surface area contributed by atoms with Crippen molar-refractivity contribution in [2.45, 2.75) is 4.90 Å². The van der Waals surface area contributed by atoms with E-state index in [1.54, 1.807) is 30.5 Å². The lowest BCUT2D eigenvalue weighted by Crippen LogP contribution is -2.33. The quantitative estimate of drug-likeness (QED) is 0.638. The van der Waals surface area contributed by atoms with Crippen LogP contribution in [0.2, 0.25) is 0 Å². The molecule has 1 aromatic heterocycles. The maximum absolute atomic E-state index is 12.2. The second-order valence-corrected chi connectivity index (χ2v) is 5.23. The van der Waals surface area contributed by atoms with Crippen molar-refractivity contribution >= 4 is 29.5 Å². The number of pyridine rings is 1. The van der Waals surface area contributed by atoms with Gasteiger partial charge in [0.15, 0.2) is 5.69 Å². The normalized spacial score (nSPS) is 13.2. The molecule has 0 aliphatic carbocycles. The summed E-state index contributed by atoms with van der Waals surface area (Å²) in [5, 5.41) is 0.478. The van der Waals surface area contributed by atoms with Crippen molar-refractivity contribution in [1.29, 1.82) is 0 Å². The molecule has 0 radical (unpaired) electrons. The maximum atomic E-state index is 12.2. The van der Waals surface area contributed by atoms with Gasteiger partial charge in [0.05, 0.1) is 11.1 Å². The highest BCUT2D eigenvalue weighted by molar-refractivity contribution is 7.98. The third kappa shape index (κ3) is 2.25. The Hall–Kier alpha value is -2.67. The van der Waals surface area contributed by atoms with Crippen LogP contribution < -0.4 is 0 Å². The minimum atomic E-state index is -0.848. The molecule has 1 aliphatic heterocycles. The topological polar surface area (TPSA) is 76.6 Å². The third-order valence-electron chi connectivity index (χ3n) is 3.11. The number of fused-ring (bicyclic) bond motifs is 1. The van der Waals surface area contributed by atoms with Crippen LogP contribution in [0.1, 0.15) is 31.2 Å². The molecule has 0 atom stereocenters. The number of carbonyl (C=O) groups excluding carboxylic acids is 3. The lowest BCUT2D eigenvalue weighted by atomic mass is 10.1. The van der Waals surface area contributed by atoms with Gasteiger partial charge in [-0.3, -0.25) is 9.59 Å². The van der Waals surface area contributed by atoms with Crippen LogP contribution in [0.15, 0.2) is 47.5 Å². The van der Waals surface area contributed by atoms with Gasteiger partial charge in [-0.05, 0) is 30.5 Å². The van der Waals surface area contributed by atoms with Gasteiger partial charge in [-0.1, -0.05) is 17.2 Å². The van der Waals surface area contributed by atoms with E-state index in [1.807, 2.05) is 0 Å². The first-order valence-corrected chi connectivity index (χ1v) is 7.55. The van der Waals surface area contributed by atoms with Gasteiger partial charge in [-0.15, -0.1) is 11.8 Å². The van der Waals surface area contributed by atoms with Crippen molar-refractivity contribution in [3.05, 3.63) is 59.4 Å². The van der Waals surface area contributed by atoms with Crippen molar-refractivity contribution in [2.75, 3.05) is 6.26 Å². The Bertz CT molecular complexity index is 756. The number of hydrogen-bond donors (Lipinski definition) is 0. The van der Waals surface area contributed by atoms with Crippen molar-refractivity contribution < 1.29 is 19.2 Å². The van der Waals surface area contributed by atoms with E-state index < -0.39 is 17.8 Å². The highest BCUT2D eigenvalue weighted by Gasteiger charge is 2.39. The molecule has 7 heteroatoms. The lowest BCUT2D eigenvalue weighted by Gasteiger charge is -2.13. The van der Waals surface area contributed by atoms with Gasteiger partial charge in [-0.2, -0.15) is 0 Å². The number of aromatic nitrogens is 1. The van der Waals surface area contributed by atoms with E-state index >= 15 is 0 Å². The molecule has 0 bridgehead atoms. The Morgan fingerprint density at radius 3 is 2.32 bits per heavy atom. The van der Waals surface area contributed by atoms with Crippen LogP contribution in [0, 0.1) is 0 Å². The van der Waals surface area contributed by atoms with E-state index in [1.165, 1.54) is 30.1 Å². The number of carbonyl (C=O) groups is 3. The highest BCUT2D eigenvalue weighted by atomic mass is 32.2. The molecule has 0 saturated carbocycles. The molecule has 0 N–H and O–H groups in total. The standard InChI is InChI=1S/C15H10N2O4S/c1-22-11-7-4-8-16-12(11)15(20)21-17-13(18)9-5-2-3-6-10(9)14(17)19/h2-8H,1H3. The molecule has 110 valence electrons. The first kappa shape index (κ1) is 14.3. The van der Waals surface area contributed by atoms with E-state index in [9.17, 15) is 14.4 Å². The summed E-state index contributed by atoms with van der Waals surface area (Å²) in [7, 11) is 0. The second kappa shape index (κ2) is 5.61. The zero-order valence-electron chi connectivity index (χ0n) is 11.5. The Kier molecular flexibility index (Phi) is 3.64. The molecular weight excluding hydrogens is 304 g/mol. The molecular formula is C15H10N2O4S. The van der Waals surface area contributed by atoms with E-state index in [0.717, 1.165) is 0 Å². The van der Waals surface area contributed by atoms with Crippen molar-refractivity contribution in [2.24, 2.45) is 0 Å². The molecule has 2 aromatic rings. The summed E-state index contributed by atoms with van der Waals surface area (Å²) in [5.41, 5.74) is 0.490. The van der Waals surface area contributed by atoms with Crippen LogP contribution in [-0.4, -0.2) is 34.1 Å². The summed E-state index contributed by atoms with van der Waals surface area (Å²) >= 11 is 1.32. The van der Waals surface area contributed by atoms with Crippen molar-refractivity contribution in [3.8, 4) is 0 Å². The molecule has 0 unspecified atom stereocenters. The van der Waals surface area contributed by atoms with Crippen LogP contribution in [0.3, 0.4) is 0 Å². The van der Waals surface area contributed by atoms with Gasteiger partial charge in [0, 0.05) is 11.1 Å². The van der Waals surface area contributed by atoms with Crippen LogP contribution in [0.25, 0.3) is 0 Å². The molecule has 0 saturated heterocycles. The number of nitrogens with zero attached hydrogens (tertiary/aromatic N) is 2. The zero-order chi connectivity index (χ0) is 15.7. The number of thioether (sulfide) groups is 1. The largest absolute Gasteiger partial charge is 0.383 e. The fourth-order valence-corrected chi connectivity index (χ4v) is 2.63. The second-order valence-electron chi connectivity index (χ2n) is 4.38. The van der Waals surface area contributed by atoms with Gasteiger partial charge in [0.2, 0.25) is 0 Å². The maximum Gasteiger partial charge on any atom is 0.383 e. The van der Waals surface area contributed by atoms with Crippen LogP contribution in [0.4, 0.5) is 0 Å². The van der Waals surface area contributed by atoms with Gasteiger partial charge >= 0.3 is 5.97 Å². The first-order chi connectivity index (χ1) is 10.6. The molecule has 22 heavy (non-hydrogen) atoms.